The Morgan fingerprint density at radius 2 is 2.00 bits per heavy atom. The van der Waals surface area contributed by atoms with Crippen LogP contribution in [0.3, 0.4) is 0 Å². The van der Waals surface area contributed by atoms with Crippen molar-refractivity contribution in [2.75, 3.05) is 7.11 Å². The number of rotatable bonds is 5. The van der Waals surface area contributed by atoms with Gasteiger partial charge in [0.25, 0.3) is 0 Å². The highest BCUT2D eigenvalue weighted by Crippen LogP contribution is 2.13. The summed E-state index contributed by atoms with van der Waals surface area (Å²) in [4.78, 5) is 10.8. The van der Waals surface area contributed by atoms with Crippen LogP contribution in [0.25, 0.3) is 0 Å². The average Bonchev–Trinajstić information content (AvgIpc) is 2.28. The molecular weight excluding hydrogens is 246 g/mol. The SMILES string of the molecule is COc1ccc(C[C@@H](N=S(=O)=O)C(=O)O)cc1. The van der Waals surface area contributed by atoms with Crippen molar-refractivity contribution < 1.29 is 23.1 Å². The molecule has 0 saturated carbocycles. The number of carbonyl (C=O) groups is 1. The average molecular weight is 257 g/mol. The molecule has 0 bridgehead atoms. The fourth-order valence-electron chi connectivity index (χ4n) is 1.26. The first-order chi connectivity index (χ1) is 8.02. The van der Waals surface area contributed by atoms with Crippen LogP contribution in [0, 0.1) is 0 Å². The number of ether oxygens (including phenoxy) is 1. The number of hydrogen-bond acceptors (Lipinski definition) is 5. The quantitative estimate of drug-likeness (QED) is 0.840. The van der Waals surface area contributed by atoms with Crippen LogP contribution in [0.4, 0.5) is 0 Å². The zero-order valence-electron chi connectivity index (χ0n) is 9.03. The van der Waals surface area contributed by atoms with Crippen molar-refractivity contribution in [3.63, 3.8) is 0 Å². The van der Waals surface area contributed by atoms with E-state index in [1.54, 1.807) is 24.3 Å². The van der Waals surface area contributed by atoms with E-state index < -0.39 is 22.5 Å². The van der Waals surface area contributed by atoms with Gasteiger partial charge in [-0.1, -0.05) is 12.1 Å². The van der Waals surface area contributed by atoms with Gasteiger partial charge in [-0.15, -0.1) is 0 Å². The maximum absolute atomic E-state index is 10.8. The third-order valence-corrected chi connectivity index (χ3v) is 2.51. The lowest BCUT2D eigenvalue weighted by Gasteiger charge is -2.06. The minimum Gasteiger partial charge on any atom is -0.497 e. The van der Waals surface area contributed by atoms with Crippen LogP contribution >= 0.6 is 0 Å². The summed E-state index contributed by atoms with van der Waals surface area (Å²) in [5, 5.41) is 8.79. The van der Waals surface area contributed by atoms with E-state index in [1.807, 2.05) is 0 Å². The Morgan fingerprint density at radius 1 is 1.41 bits per heavy atom. The lowest BCUT2D eigenvalue weighted by molar-refractivity contribution is -0.138. The number of carboxylic acids is 1. The number of carboxylic acid groups (broad SMARTS) is 1. The summed E-state index contributed by atoms with van der Waals surface area (Å²) in [6.45, 7) is 0. The molecule has 1 atom stereocenters. The van der Waals surface area contributed by atoms with Gasteiger partial charge in [0.15, 0.2) is 6.04 Å². The Bertz CT molecular complexity index is 512. The molecule has 1 aromatic rings. The van der Waals surface area contributed by atoms with E-state index in [2.05, 4.69) is 4.36 Å². The predicted molar refractivity (Wildman–Crippen MR) is 59.5 cm³/mol. The first-order valence-corrected chi connectivity index (χ1v) is 5.72. The van der Waals surface area contributed by atoms with Gasteiger partial charge in [0, 0.05) is 6.42 Å². The molecule has 0 aliphatic carbocycles. The summed E-state index contributed by atoms with van der Waals surface area (Å²) in [7, 11) is -1.21. The maximum Gasteiger partial charge on any atom is 0.330 e. The van der Waals surface area contributed by atoms with Crippen molar-refractivity contribution in [3.8, 4) is 5.75 Å². The van der Waals surface area contributed by atoms with Crippen LogP contribution in [0.5, 0.6) is 5.75 Å². The lowest BCUT2D eigenvalue weighted by atomic mass is 10.1. The first-order valence-electron chi connectivity index (χ1n) is 4.69. The Hall–Kier alpha value is -1.89. The Kier molecular flexibility index (Phi) is 4.65. The van der Waals surface area contributed by atoms with Gasteiger partial charge in [-0.25, -0.2) is 4.79 Å². The van der Waals surface area contributed by atoms with Crippen LogP contribution < -0.4 is 4.74 Å². The summed E-state index contributed by atoms with van der Waals surface area (Å²) in [6, 6.07) is 5.38. The van der Waals surface area contributed by atoms with Crippen molar-refractivity contribution in [1.82, 2.24) is 0 Å². The molecule has 1 rings (SSSR count). The zero-order chi connectivity index (χ0) is 12.8. The van der Waals surface area contributed by atoms with Crippen molar-refractivity contribution >= 4 is 16.5 Å². The summed E-state index contributed by atoms with van der Waals surface area (Å²) < 4.78 is 28.8. The van der Waals surface area contributed by atoms with Gasteiger partial charge < -0.3 is 9.84 Å². The molecule has 0 aromatic heterocycles. The number of benzene rings is 1. The number of hydrogen-bond donors (Lipinski definition) is 1. The number of methoxy groups -OCH3 is 1. The lowest BCUT2D eigenvalue weighted by Crippen LogP contribution is -2.20. The largest absolute Gasteiger partial charge is 0.497 e. The van der Waals surface area contributed by atoms with Crippen LogP contribution in [0.1, 0.15) is 5.56 Å². The van der Waals surface area contributed by atoms with Crippen molar-refractivity contribution in [2.45, 2.75) is 12.5 Å². The normalized spacial score (nSPS) is 11.6. The predicted octanol–water partition coefficient (Wildman–Crippen LogP) is 0.754. The van der Waals surface area contributed by atoms with E-state index in [-0.39, 0.29) is 6.42 Å². The second kappa shape index (κ2) is 6.00. The summed E-state index contributed by atoms with van der Waals surface area (Å²) in [5.74, 6) is -0.630. The molecular formula is C10H11NO5S. The van der Waals surface area contributed by atoms with Crippen molar-refractivity contribution in [2.24, 2.45) is 4.36 Å². The van der Waals surface area contributed by atoms with E-state index >= 15 is 0 Å². The van der Waals surface area contributed by atoms with E-state index in [1.165, 1.54) is 7.11 Å². The molecule has 1 aromatic carbocycles. The molecule has 92 valence electrons. The van der Waals surface area contributed by atoms with Crippen molar-refractivity contribution in [1.29, 1.82) is 0 Å². The highest BCUT2D eigenvalue weighted by Gasteiger charge is 2.17. The third kappa shape index (κ3) is 4.23. The Morgan fingerprint density at radius 3 is 2.41 bits per heavy atom. The molecule has 0 heterocycles. The molecule has 17 heavy (non-hydrogen) atoms. The Labute approximate surface area is 99.6 Å². The van der Waals surface area contributed by atoms with E-state index in [9.17, 15) is 13.2 Å². The molecule has 7 heteroatoms. The molecule has 0 fully saturated rings. The van der Waals surface area contributed by atoms with Gasteiger partial charge in [0.1, 0.15) is 5.75 Å². The number of nitrogens with zero attached hydrogens (tertiary/aromatic N) is 1. The van der Waals surface area contributed by atoms with Crippen molar-refractivity contribution in [3.05, 3.63) is 29.8 Å². The molecule has 0 aliphatic heterocycles. The molecule has 1 N–H and O–H groups in total. The van der Waals surface area contributed by atoms with Crippen LogP contribution in [0.2, 0.25) is 0 Å². The Balaban J connectivity index is 2.86. The standard InChI is InChI=1S/C10H11NO5S/c1-16-8-4-2-7(3-5-8)6-9(10(12)13)11-17(14)15/h2-5,9H,6H2,1H3,(H,12,13)/t9-/m1/s1. The molecule has 0 saturated heterocycles. The van der Waals surface area contributed by atoms with Crippen LogP contribution in [-0.2, 0) is 21.7 Å². The highest BCUT2D eigenvalue weighted by atomic mass is 32.2. The first kappa shape index (κ1) is 13.2. The van der Waals surface area contributed by atoms with Gasteiger partial charge in [0.2, 0.25) is 0 Å². The van der Waals surface area contributed by atoms with Gasteiger partial charge in [0.05, 0.1) is 7.11 Å². The van der Waals surface area contributed by atoms with E-state index in [0.29, 0.717) is 11.3 Å². The van der Waals surface area contributed by atoms with Gasteiger partial charge in [-0.3, -0.25) is 0 Å². The molecule has 0 spiro atoms. The number of aliphatic carboxylic acids is 1. The van der Waals surface area contributed by atoms with Gasteiger partial charge >= 0.3 is 16.5 Å². The van der Waals surface area contributed by atoms with Crippen LogP contribution in [0.15, 0.2) is 28.6 Å². The van der Waals surface area contributed by atoms with E-state index in [0.717, 1.165) is 0 Å². The summed E-state index contributed by atoms with van der Waals surface area (Å²) >= 11 is 0. The summed E-state index contributed by atoms with van der Waals surface area (Å²) in [5.41, 5.74) is 0.674. The van der Waals surface area contributed by atoms with Gasteiger partial charge in [-0.2, -0.15) is 12.8 Å². The molecule has 0 radical (unpaired) electrons. The molecule has 0 amide bonds. The topological polar surface area (TPSA) is 93.0 Å². The molecule has 6 nitrogen and oxygen atoms in total. The smallest absolute Gasteiger partial charge is 0.330 e. The maximum atomic E-state index is 10.8. The fourth-order valence-corrected chi connectivity index (χ4v) is 1.63. The fraction of sp³-hybridized carbons (Fsp3) is 0.300. The minimum absolute atomic E-state index is 0.0211. The van der Waals surface area contributed by atoms with E-state index in [4.69, 9.17) is 9.84 Å². The van der Waals surface area contributed by atoms with Gasteiger partial charge in [-0.05, 0) is 17.7 Å². The molecule has 0 unspecified atom stereocenters. The second-order valence-electron chi connectivity index (χ2n) is 3.23. The monoisotopic (exact) mass is 257 g/mol. The minimum atomic E-state index is -2.73. The second-order valence-corrected chi connectivity index (χ2v) is 3.87. The third-order valence-electron chi connectivity index (χ3n) is 2.09. The highest BCUT2D eigenvalue weighted by molar-refractivity contribution is 7.61. The molecule has 0 aliphatic rings. The zero-order valence-corrected chi connectivity index (χ0v) is 9.85. The summed E-state index contributed by atoms with van der Waals surface area (Å²) in [6.07, 6.45) is 0.0211. The van der Waals surface area contributed by atoms with Crippen LogP contribution in [-0.4, -0.2) is 32.6 Å².